The van der Waals surface area contributed by atoms with Gasteiger partial charge in [0.2, 0.25) is 0 Å². The molecule has 0 saturated carbocycles. The van der Waals surface area contributed by atoms with Crippen molar-refractivity contribution in [3.63, 3.8) is 0 Å². The smallest absolute Gasteiger partial charge is 0.100 e. The van der Waals surface area contributed by atoms with Crippen LogP contribution in [-0.2, 0) is 6.42 Å². The average Bonchev–Trinajstić information content (AvgIpc) is 2.40. The molecule has 1 heteroatoms. The summed E-state index contributed by atoms with van der Waals surface area (Å²) in [7, 11) is 0. The lowest BCUT2D eigenvalue weighted by molar-refractivity contribution is 1.32. The first kappa shape index (κ1) is 11.0. The van der Waals surface area contributed by atoms with E-state index in [1.54, 1.807) is 6.07 Å². The molecule has 0 saturated heterocycles. The molecule has 1 nitrogen and oxygen atoms in total. The highest BCUT2D eigenvalue weighted by Crippen LogP contribution is 2.05. The van der Waals surface area contributed by atoms with Crippen molar-refractivity contribution >= 4 is 0 Å². The number of hydrogen-bond acceptors (Lipinski definition) is 1. The van der Waals surface area contributed by atoms with Gasteiger partial charge in [0, 0.05) is 12.0 Å². The van der Waals surface area contributed by atoms with Crippen LogP contribution in [0.4, 0.5) is 0 Å². The zero-order valence-corrected chi connectivity index (χ0v) is 9.35. The minimum absolute atomic E-state index is 0.632. The summed E-state index contributed by atoms with van der Waals surface area (Å²) in [6, 6.07) is 19.6. The second-order valence-electron chi connectivity index (χ2n) is 3.62. The van der Waals surface area contributed by atoms with Gasteiger partial charge in [0.1, 0.15) is 6.07 Å². The fraction of sp³-hybridized carbons (Fsp3) is 0.0625. The van der Waals surface area contributed by atoms with Crippen LogP contribution in [0.1, 0.15) is 16.7 Å². The molecule has 0 heterocycles. The molecule has 0 amide bonds. The lowest BCUT2D eigenvalue weighted by atomic mass is 10.1. The van der Waals surface area contributed by atoms with E-state index in [2.05, 4.69) is 17.9 Å². The van der Waals surface area contributed by atoms with Crippen LogP contribution < -0.4 is 0 Å². The van der Waals surface area contributed by atoms with Gasteiger partial charge in [-0.3, -0.25) is 0 Å². The highest BCUT2D eigenvalue weighted by Gasteiger charge is 1.95. The van der Waals surface area contributed by atoms with Crippen LogP contribution in [0.25, 0.3) is 0 Å². The molecular weight excluding hydrogens is 206 g/mol. The Bertz CT molecular complexity index is 595. The molecule has 0 unspecified atom stereocenters. The van der Waals surface area contributed by atoms with Gasteiger partial charge in [-0.25, -0.2) is 0 Å². The summed E-state index contributed by atoms with van der Waals surface area (Å²) in [4.78, 5) is 0. The molecule has 0 aromatic heterocycles. The maximum Gasteiger partial charge on any atom is 0.100 e. The molecule has 2 rings (SSSR count). The van der Waals surface area contributed by atoms with E-state index in [1.807, 2.05) is 48.5 Å². The Labute approximate surface area is 101 Å². The second kappa shape index (κ2) is 5.54. The summed E-state index contributed by atoms with van der Waals surface area (Å²) in [5.74, 6) is 6.13. The molecule has 0 fully saturated rings. The molecule has 0 atom stereocenters. The Hall–Kier alpha value is -2.51. The van der Waals surface area contributed by atoms with Gasteiger partial charge < -0.3 is 0 Å². The van der Waals surface area contributed by atoms with Crippen molar-refractivity contribution in [2.75, 3.05) is 0 Å². The van der Waals surface area contributed by atoms with Crippen molar-refractivity contribution in [3.8, 4) is 17.9 Å². The number of nitrogens with zero attached hydrogens (tertiary/aromatic N) is 1. The Balaban J connectivity index is 2.15. The number of benzene rings is 2. The van der Waals surface area contributed by atoms with E-state index >= 15 is 0 Å². The zero-order valence-electron chi connectivity index (χ0n) is 9.35. The quantitative estimate of drug-likeness (QED) is 0.673. The first-order valence-electron chi connectivity index (χ1n) is 5.42. The third-order valence-corrected chi connectivity index (χ3v) is 2.41. The fourth-order valence-electron chi connectivity index (χ4n) is 1.53. The maximum atomic E-state index is 8.92. The normalized spacial score (nSPS) is 8.88. The molecule has 80 valence electrons. The summed E-state index contributed by atoms with van der Waals surface area (Å²) in [6.45, 7) is 0. The van der Waals surface area contributed by atoms with Crippen molar-refractivity contribution in [1.29, 1.82) is 5.26 Å². The van der Waals surface area contributed by atoms with Gasteiger partial charge in [-0.05, 0) is 17.7 Å². The van der Waals surface area contributed by atoms with Crippen molar-refractivity contribution in [2.24, 2.45) is 0 Å². The van der Waals surface area contributed by atoms with Crippen LogP contribution in [0.3, 0.4) is 0 Å². The Morgan fingerprint density at radius 3 is 2.18 bits per heavy atom. The van der Waals surface area contributed by atoms with E-state index in [4.69, 9.17) is 5.26 Å². The monoisotopic (exact) mass is 217 g/mol. The molecule has 2 aromatic carbocycles. The van der Waals surface area contributed by atoms with Gasteiger partial charge in [-0.15, -0.1) is 0 Å². The minimum Gasteiger partial charge on any atom is -0.192 e. The van der Waals surface area contributed by atoms with Crippen LogP contribution in [0.2, 0.25) is 0 Å². The first-order chi connectivity index (χ1) is 8.40. The minimum atomic E-state index is 0.632. The van der Waals surface area contributed by atoms with Gasteiger partial charge in [0.05, 0.1) is 5.56 Å². The molecule has 0 aliphatic heterocycles. The third-order valence-electron chi connectivity index (χ3n) is 2.41. The molecule has 0 N–H and O–H groups in total. The van der Waals surface area contributed by atoms with Crippen LogP contribution in [0, 0.1) is 23.2 Å². The molecular formula is C16H11N. The molecule has 17 heavy (non-hydrogen) atoms. The van der Waals surface area contributed by atoms with Gasteiger partial charge in [0.15, 0.2) is 0 Å². The van der Waals surface area contributed by atoms with Crippen molar-refractivity contribution in [1.82, 2.24) is 0 Å². The largest absolute Gasteiger partial charge is 0.192 e. The van der Waals surface area contributed by atoms with Gasteiger partial charge >= 0.3 is 0 Å². The average molecular weight is 217 g/mol. The van der Waals surface area contributed by atoms with Gasteiger partial charge in [-0.2, -0.15) is 5.26 Å². The fourth-order valence-corrected chi connectivity index (χ4v) is 1.53. The van der Waals surface area contributed by atoms with E-state index in [-0.39, 0.29) is 0 Å². The summed E-state index contributed by atoms with van der Waals surface area (Å²) in [5, 5.41) is 8.92. The summed E-state index contributed by atoms with van der Waals surface area (Å²) in [6.07, 6.45) is 0.709. The third kappa shape index (κ3) is 2.97. The molecule has 0 aliphatic carbocycles. The summed E-state index contributed by atoms with van der Waals surface area (Å²) in [5.41, 5.74) is 2.62. The van der Waals surface area contributed by atoms with Gasteiger partial charge in [0.25, 0.3) is 0 Å². The molecule has 0 bridgehead atoms. The standard InChI is InChI=1S/C16H11N/c17-13-16-11-5-4-10-15(16)12-6-9-14-7-2-1-3-8-14/h1-5,7-8,10-11H,9H2. The first-order valence-corrected chi connectivity index (χ1v) is 5.42. The summed E-state index contributed by atoms with van der Waals surface area (Å²) >= 11 is 0. The van der Waals surface area contributed by atoms with Crippen LogP contribution in [-0.4, -0.2) is 0 Å². The molecule has 0 radical (unpaired) electrons. The van der Waals surface area contributed by atoms with E-state index in [0.29, 0.717) is 12.0 Å². The number of nitriles is 1. The Morgan fingerprint density at radius 2 is 1.47 bits per heavy atom. The second-order valence-corrected chi connectivity index (χ2v) is 3.62. The van der Waals surface area contributed by atoms with Crippen LogP contribution >= 0.6 is 0 Å². The van der Waals surface area contributed by atoms with Crippen LogP contribution in [0.5, 0.6) is 0 Å². The SMILES string of the molecule is N#Cc1ccccc1C#CCc1ccccc1. The van der Waals surface area contributed by atoms with E-state index < -0.39 is 0 Å². The highest BCUT2D eigenvalue weighted by atomic mass is 14.2. The molecule has 0 spiro atoms. The molecule has 2 aromatic rings. The van der Waals surface area contributed by atoms with E-state index in [0.717, 1.165) is 5.56 Å². The topological polar surface area (TPSA) is 23.8 Å². The van der Waals surface area contributed by atoms with E-state index in [9.17, 15) is 0 Å². The van der Waals surface area contributed by atoms with Crippen molar-refractivity contribution < 1.29 is 0 Å². The zero-order chi connectivity index (χ0) is 11.9. The summed E-state index contributed by atoms with van der Waals surface area (Å²) < 4.78 is 0. The predicted octanol–water partition coefficient (Wildman–Crippen LogP) is 3.15. The van der Waals surface area contributed by atoms with Crippen molar-refractivity contribution in [3.05, 3.63) is 71.3 Å². The Morgan fingerprint density at radius 1 is 0.824 bits per heavy atom. The maximum absolute atomic E-state index is 8.92. The van der Waals surface area contributed by atoms with Crippen molar-refractivity contribution in [2.45, 2.75) is 6.42 Å². The van der Waals surface area contributed by atoms with E-state index in [1.165, 1.54) is 5.56 Å². The number of rotatable bonds is 1. The highest BCUT2D eigenvalue weighted by molar-refractivity contribution is 5.48. The van der Waals surface area contributed by atoms with Gasteiger partial charge in [-0.1, -0.05) is 54.3 Å². The predicted molar refractivity (Wildman–Crippen MR) is 68.2 cm³/mol. The lowest BCUT2D eigenvalue weighted by Gasteiger charge is -1.94. The Kier molecular flexibility index (Phi) is 3.58. The molecule has 0 aliphatic rings. The number of hydrogen-bond donors (Lipinski definition) is 0. The van der Waals surface area contributed by atoms with Crippen LogP contribution in [0.15, 0.2) is 54.6 Å². The lowest BCUT2D eigenvalue weighted by Crippen LogP contribution is -1.83.